The van der Waals surface area contributed by atoms with Crippen molar-refractivity contribution in [1.29, 1.82) is 0 Å². The molecule has 0 bridgehead atoms. The predicted octanol–water partition coefficient (Wildman–Crippen LogP) is 4.18. The average molecular weight is 344 g/mol. The molecule has 0 aliphatic carbocycles. The smallest absolute Gasteiger partial charge is 0.0738 e. The number of aromatic nitrogens is 2. The molecule has 0 spiro atoms. The zero-order valence-corrected chi connectivity index (χ0v) is 15.6. The minimum atomic E-state index is 0.228. The van der Waals surface area contributed by atoms with E-state index in [1.165, 1.54) is 10.2 Å². The molecule has 1 rings (SSSR count). The molecular formula is C16H30BrN3. The first-order valence-corrected chi connectivity index (χ1v) is 8.45. The fraction of sp³-hybridized carbons (Fsp3) is 0.812. The number of hydrogen-bond donors (Lipinski definition) is 1. The summed E-state index contributed by atoms with van der Waals surface area (Å²) in [5.41, 5.74) is 2.64. The van der Waals surface area contributed by atoms with Gasteiger partial charge in [-0.3, -0.25) is 4.68 Å². The molecule has 0 aliphatic rings. The van der Waals surface area contributed by atoms with Gasteiger partial charge < -0.3 is 5.32 Å². The first-order chi connectivity index (χ1) is 9.21. The molecule has 0 aliphatic heterocycles. The molecule has 1 atom stereocenters. The lowest BCUT2D eigenvalue weighted by Gasteiger charge is -2.35. The Morgan fingerprint density at radius 2 is 1.90 bits per heavy atom. The molecule has 1 unspecified atom stereocenters. The van der Waals surface area contributed by atoms with Gasteiger partial charge in [0.2, 0.25) is 0 Å². The number of halogens is 1. The van der Waals surface area contributed by atoms with Crippen LogP contribution in [0.2, 0.25) is 0 Å². The van der Waals surface area contributed by atoms with E-state index in [1.54, 1.807) is 0 Å². The van der Waals surface area contributed by atoms with Crippen molar-refractivity contribution in [3.05, 3.63) is 15.9 Å². The van der Waals surface area contributed by atoms with Crippen LogP contribution in [-0.2, 0) is 13.0 Å². The van der Waals surface area contributed by atoms with Crippen molar-refractivity contribution in [2.75, 3.05) is 6.54 Å². The SMILES string of the molecule is CCn1nc(C)c(Br)c1CC(C)(CNC(C)C)C(C)C. The lowest BCUT2D eigenvalue weighted by molar-refractivity contribution is 0.197. The highest BCUT2D eigenvalue weighted by molar-refractivity contribution is 9.10. The van der Waals surface area contributed by atoms with Crippen LogP contribution in [0.3, 0.4) is 0 Å². The van der Waals surface area contributed by atoms with Crippen LogP contribution < -0.4 is 5.32 Å². The van der Waals surface area contributed by atoms with Gasteiger partial charge in [-0.15, -0.1) is 0 Å². The van der Waals surface area contributed by atoms with E-state index < -0.39 is 0 Å². The van der Waals surface area contributed by atoms with E-state index in [4.69, 9.17) is 0 Å². The van der Waals surface area contributed by atoms with Crippen LogP contribution in [0.4, 0.5) is 0 Å². The van der Waals surface area contributed by atoms with E-state index in [9.17, 15) is 0 Å². The summed E-state index contributed by atoms with van der Waals surface area (Å²) in [5, 5.41) is 8.22. The van der Waals surface area contributed by atoms with Gasteiger partial charge in [0, 0.05) is 19.1 Å². The lowest BCUT2D eigenvalue weighted by atomic mass is 9.75. The molecule has 3 nitrogen and oxygen atoms in total. The third-order valence-electron chi connectivity index (χ3n) is 4.33. The van der Waals surface area contributed by atoms with Crippen molar-refractivity contribution in [1.82, 2.24) is 15.1 Å². The van der Waals surface area contributed by atoms with E-state index in [2.05, 4.69) is 79.5 Å². The van der Waals surface area contributed by atoms with Crippen LogP contribution in [0, 0.1) is 18.3 Å². The maximum atomic E-state index is 4.62. The molecule has 116 valence electrons. The zero-order valence-electron chi connectivity index (χ0n) is 14.0. The van der Waals surface area contributed by atoms with Crippen LogP contribution >= 0.6 is 15.9 Å². The fourth-order valence-electron chi connectivity index (χ4n) is 2.33. The summed E-state index contributed by atoms with van der Waals surface area (Å²) in [6.45, 7) is 17.6. The largest absolute Gasteiger partial charge is 0.314 e. The fourth-order valence-corrected chi connectivity index (χ4v) is 2.75. The highest BCUT2D eigenvalue weighted by Crippen LogP contribution is 2.34. The van der Waals surface area contributed by atoms with Crippen molar-refractivity contribution in [2.24, 2.45) is 11.3 Å². The van der Waals surface area contributed by atoms with Crippen molar-refractivity contribution in [2.45, 2.75) is 67.5 Å². The van der Waals surface area contributed by atoms with Gasteiger partial charge in [-0.05, 0) is 47.5 Å². The van der Waals surface area contributed by atoms with E-state index >= 15 is 0 Å². The summed E-state index contributed by atoms with van der Waals surface area (Å²) in [4.78, 5) is 0. The normalized spacial score (nSPS) is 15.1. The van der Waals surface area contributed by atoms with Crippen molar-refractivity contribution in [3.8, 4) is 0 Å². The number of hydrogen-bond acceptors (Lipinski definition) is 2. The van der Waals surface area contributed by atoms with Gasteiger partial charge in [-0.2, -0.15) is 5.10 Å². The average Bonchev–Trinajstić information content (AvgIpc) is 2.63. The van der Waals surface area contributed by atoms with Crippen LogP contribution in [0.25, 0.3) is 0 Å². The number of nitrogens with zero attached hydrogens (tertiary/aromatic N) is 2. The second kappa shape index (κ2) is 7.08. The number of aryl methyl sites for hydroxylation is 2. The lowest BCUT2D eigenvalue weighted by Crippen LogP contribution is -2.41. The van der Waals surface area contributed by atoms with Crippen molar-refractivity contribution < 1.29 is 0 Å². The molecule has 1 aromatic heterocycles. The van der Waals surface area contributed by atoms with Gasteiger partial charge in [0.1, 0.15) is 0 Å². The number of rotatable bonds is 7. The van der Waals surface area contributed by atoms with E-state index in [0.717, 1.165) is 25.2 Å². The molecule has 1 aromatic rings. The highest BCUT2D eigenvalue weighted by atomic mass is 79.9. The molecule has 0 amide bonds. The molecule has 0 fully saturated rings. The first kappa shape index (κ1) is 17.7. The van der Waals surface area contributed by atoms with E-state index in [-0.39, 0.29) is 5.41 Å². The molecule has 4 heteroatoms. The summed E-state index contributed by atoms with van der Waals surface area (Å²) >= 11 is 3.72. The van der Waals surface area contributed by atoms with Crippen molar-refractivity contribution in [3.63, 3.8) is 0 Å². The Morgan fingerprint density at radius 3 is 2.35 bits per heavy atom. The topological polar surface area (TPSA) is 29.9 Å². The Labute approximate surface area is 132 Å². The summed E-state index contributed by atoms with van der Waals surface area (Å²) in [7, 11) is 0. The zero-order chi connectivity index (χ0) is 15.5. The molecule has 1 N–H and O–H groups in total. The third-order valence-corrected chi connectivity index (χ3v) is 5.36. The van der Waals surface area contributed by atoms with Crippen LogP contribution in [-0.4, -0.2) is 22.4 Å². The molecule has 0 radical (unpaired) electrons. The monoisotopic (exact) mass is 343 g/mol. The van der Waals surface area contributed by atoms with Gasteiger partial charge >= 0.3 is 0 Å². The van der Waals surface area contributed by atoms with Gasteiger partial charge in [0.05, 0.1) is 15.9 Å². The minimum Gasteiger partial charge on any atom is -0.314 e. The second-order valence-electron chi connectivity index (χ2n) is 6.68. The van der Waals surface area contributed by atoms with Gasteiger partial charge in [0.15, 0.2) is 0 Å². The summed E-state index contributed by atoms with van der Waals surface area (Å²) in [6.07, 6.45) is 1.04. The number of nitrogens with one attached hydrogen (secondary N) is 1. The second-order valence-corrected chi connectivity index (χ2v) is 7.48. The van der Waals surface area contributed by atoms with E-state index in [1.807, 2.05) is 0 Å². The van der Waals surface area contributed by atoms with Gasteiger partial charge in [-0.1, -0.05) is 34.6 Å². The quantitative estimate of drug-likeness (QED) is 0.804. The summed E-state index contributed by atoms with van der Waals surface area (Å²) in [6, 6.07) is 0.523. The Balaban J connectivity index is 3.01. The van der Waals surface area contributed by atoms with Crippen LogP contribution in [0.15, 0.2) is 4.47 Å². The molecule has 0 aromatic carbocycles. The first-order valence-electron chi connectivity index (χ1n) is 7.66. The summed E-state index contributed by atoms with van der Waals surface area (Å²) in [5.74, 6) is 0.612. The van der Waals surface area contributed by atoms with Gasteiger partial charge in [0.25, 0.3) is 0 Å². The maximum absolute atomic E-state index is 4.62. The Bertz CT molecular complexity index is 437. The van der Waals surface area contributed by atoms with Crippen LogP contribution in [0.5, 0.6) is 0 Å². The summed E-state index contributed by atoms with van der Waals surface area (Å²) < 4.78 is 3.31. The Morgan fingerprint density at radius 1 is 1.30 bits per heavy atom. The Kier molecular flexibility index (Phi) is 6.26. The molecule has 20 heavy (non-hydrogen) atoms. The predicted molar refractivity (Wildman–Crippen MR) is 90.1 cm³/mol. The molecular weight excluding hydrogens is 314 g/mol. The molecule has 0 saturated heterocycles. The third kappa shape index (κ3) is 4.08. The molecule has 0 saturated carbocycles. The maximum Gasteiger partial charge on any atom is 0.0738 e. The van der Waals surface area contributed by atoms with Crippen LogP contribution in [0.1, 0.15) is 52.9 Å². The Hall–Kier alpha value is -0.350. The van der Waals surface area contributed by atoms with Crippen molar-refractivity contribution >= 4 is 15.9 Å². The van der Waals surface area contributed by atoms with Gasteiger partial charge in [-0.25, -0.2) is 0 Å². The van der Waals surface area contributed by atoms with E-state index in [0.29, 0.717) is 12.0 Å². The highest BCUT2D eigenvalue weighted by Gasteiger charge is 2.31. The standard InChI is InChI=1S/C16H30BrN3/c1-8-20-14(15(17)13(6)19-20)9-16(7,11(2)3)10-18-12(4)5/h11-12,18H,8-10H2,1-7H3. The minimum absolute atomic E-state index is 0.228. The molecule has 1 heterocycles.